The van der Waals surface area contributed by atoms with Crippen LogP contribution in [0.1, 0.15) is 33.1 Å². The van der Waals surface area contributed by atoms with Gasteiger partial charge in [0.1, 0.15) is 0 Å². The zero-order valence-corrected chi connectivity index (χ0v) is 10.5. The molecular formula is C12H22N2O3. The summed E-state index contributed by atoms with van der Waals surface area (Å²) in [5.41, 5.74) is 0. The predicted octanol–water partition coefficient (Wildman–Crippen LogP) is 1.44. The summed E-state index contributed by atoms with van der Waals surface area (Å²) in [4.78, 5) is 22.3. The van der Waals surface area contributed by atoms with E-state index in [-0.39, 0.29) is 12.6 Å². The first-order chi connectivity index (χ1) is 7.99. The van der Waals surface area contributed by atoms with Gasteiger partial charge in [-0.15, -0.1) is 0 Å². The first-order valence-electron chi connectivity index (χ1n) is 6.23. The molecular weight excluding hydrogens is 220 g/mol. The standard InChI is InChI=1S/C12H22N2O3/c1-8(2)5-10(11(15)16)7-14-12(17)13-6-9-3-4-9/h8-10H,3-7H2,1-2H3,(H,15,16)(H2,13,14,17). The van der Waals surface area contributed by atoms with Gasteiger partial charge < -0.3 is 15.7 Å². The molecule has 17 heavy (non-hydrogen) atoms. The van der Waals surface area contributed by atoms with Crippen LogP contribution in [0.4, 0.5) is 4.79 Å². The number of carboxylic acid groups (broad SMARTS) is 1. The fourth-order valence-electron chi connectivity index (χ4n) is 1.68. The Morgan fingerprint density at radius 2 is 1.94 bits per heavy atom. The molecule has 1 unspecified atom stereocenters. The Bertz CT molecular complexity index is 275. The maximum atomic E-state index is 11.4. The molecule has 5 heteroatoms. The highest BCUT2D eigenvalue weighted by Gasteiger charge is 2.22. The van der Waals surface area contributed by atoms with Crippen LogP contribution in [0.15, 0.2) is 0 Å². The Labute approximate surface area is 102 Å². The Hall–Kier alpha value is -1.26. The smallest absolute Gasteiger partial charge is 0.314 e. The van der Waals surface area contributed by atoms with E-state index in [1.807, 2.05) is 13.8 Å². The number of carboxylic acids is 1. The van der Waals surface area contributed by atoms with Crippen molar-refractivity contribution in [2.45, 2.75) is 33.1 Å². The first-order valence-corrected chi connectivity index (χ1v) is 6.23. The van der Waals surface area contributed by atoms with Gasteiger partial charge in [-0.1, -0.05) is 13.8 Å². The molecule has 0 aliphatic heterocycles. The molecule has 1 saturated carbocycles. The molecule has 0 heterocycles. The maximum absolute atomic E-state index is 11.4. The van der Waals surface area contributed by atoms with Gasteiger partial charge in [0.25, 0.3) is 0 Å². The minimum Gasteiger partial charge on any atom is -0.481 e. The summed E-state index contributed by atoms with van der Waals surface area (Å²) in [5.74, 6) is -0.401. The lowest BCUT2D eigenvalue weighted by Crippen LogP contribution is -2.40. The minimum atomic E-state index is -0.846. The summed E-state index contributed by atoms with van der Waals surface area (Å²) in [6, 6.07) is -0.257. The average Bonchev–Trinajstić information content (AvgIpc) is 3.04. The maximum Gasteiger partial charge on any atom is 0.314 e. The molecule has 5 nitrogen and oxygen atoms in total. The fourth-order valence-corrected chi connectivity index (χ4v) is 1.68. The van der Waals surface area contributed by atoms with Crippen LogP contribution in [0.25, 0.3) is 0 Å². The summed E-state index contributed by atoms with van der Waals surface area (Å²) in [6.45, 7) is 4.85. The SMILES string of the molecule is CC(C)CC(CNC(=O)NCC1CC1)C(=O)O. The normalized spacial score (nSPS) is 16.6. The Morgan fingerprint density at radius 3 is 2.41 bits per heavy atom. The van der Waals surface area contributed by atoms with Crippen LogP contribution in [-0.2, 0) is 4.79 Å². The molecule has 0 bridgehead atoms. The van der Waals surface area contributed by atoms with E-state index >= 15 is 0 Å². The van der Waals surface area contributed by atoms with Crippen molar-refractivity contribution in [2.24, 2.45) is 17.8 Å². The average molecular weight is 242 g/mol. The van der Waals surface area contributed by atoms with Gasteiger partial charge in [-0.2, -0.15) is 0 Å². The number of carbonyl (C=O) groups excluding carboxylic acids is 1. The van der Waals surface area contributed by atoms with E-state index in [1.165, 1.54) is 12.8 Å². The number of carbonyl (C=O) groups is 2. The third-order valence-electron chi connectivity index (χ3n) is 2.86. The van der Waals surface area contributed by atoms with E-state index in [0.29, 0.717) is 24.8 Å². The molecule has 1 fully saturated rings. The van der Waals surface area contributed by atoms with E-state index in [4.69, 9.17) is 5.11 Å². The summed E-state index contributed by atoms with van der Waals surface area (Å²) >= 11 is 0. The molecule has 3 N–H and O–H groups in total. The van der Waals surface area contributed by atoms with E-state index in [9.17, 15) is 9.59 Å². The van der Waals surface area contributed by atoms with Gasteiger partial charge in [-0.25, -0.2) is 4.79 Å². The highest BCUT2D eigenvalue weighted by molar-refractivity contribution is 5.75. The lowest BCUT2D eigenvalue weighted by molar-refractivity contribution is -0.142. The Morgan fingerprint density at radius 1 is 1.29 bits per heavy atom. The van der Waals surface area contributed by atoms with Crippen molar-refractivity contribution >= 4 is 12.0 Å². The molecule has 0 saturated heterocycles. The van der Waals surface area contributed by atoms with Crippen molar-refractivity contribution in [3.63, 3.8) is 0 Å². The predicted molar refractivity (Wildman–Crippen MR) is 64.7 cm³/mol. The van der Waals surface area contributed by atoms with Gasteiger partial charge in [-0.05, 0) is 31.1 Å². The van der Waals surface area contributed by atoms with Gasteiger partial charge in [0.15, 0.2) is 0 Å². The molecule has 0 aromatic heterocycles. The largest absolute Gasteiger partial charge is 0.481 e. The zero-order valence-electron chi connectivity index (χ0n) is 10.5. The molecule has 1 atom stereocenters. The van der Waals surface area contributed by atoms with Crippen molar-refractivity contribution in [1.29, 1.82) is 0 Å². The van der Waals surface area contributed by atoms with E-state index < -0.39 is 11.9 Å². The second-order valence-corrected chi connectivity index (χ2v) is 5.20. The monoisotopic (exact) mass is 242 g/mol. The molecule has 1 rings (SSSR count). The summed E-state index contributed by atoms with van der Waals surface area (Å²) in [6.07, 6.45) is 2.95. The van der Waals surface area contributed by atoms with Crippen molar-refractivity contribution in [3.8, 4) is 0 Å². The lowest BCUT2D eigenvalue weighted by atomic mass is 9.97. The Kier molecular flexibility index (Phi) is 5.25. The van der Waals surface area contributed by atoms with Gasteiger partial charge in [0, 0.05) is 13.1 Å². The molecule has 0 spiro atoms. The number of hydrogen-bond acceptors (Lipinski definition) is 2. The highest BCUT2D eigenvalue weighted by Crippen LogP contribution is 2.27. The van der Waals surface area contributed by atoms with Crippen molar-refractivity contribution in [2.75, 3.05) is 13.1 Å². The number of amides is 2. The van der Waals surface area contributed by atoms with Crippen LogP contribution in [0.5, 0.6) is 0 Å². The molecule has 98 valence electrons. The first kappa shape index (κ1) is 13.8. The van der Waals surface area contributed by atoms with Gasteiger partial charge in [0.2, 0.25) is 0 Å². The topological polar surface area (TPSA) is 78.4 Å². The second-order valence-electron chi connectivity index (χ2n) is 5.20. The number of hydrogen-bond donors (Lipinski definition) is 3. The zero-order chi connectivity index (χ0) is 12.8. The van der Waals surface area contributed by atoms with Crippen molar-refractivity contribution in [3.05, 3.63) is 0 Å². The molecule has 2 amide bonds. The highest BCUT2D eigenvalue weighted by atomic mass is 16.4. The van der Waals surface area contributed by atoms with Crippen molar-refractivity contribution < 1.29 is 14.7 Å². The van der Waals surface area contributed by atoms with E-state index in [2.05, 4.69) is 10.6 Å². The van der Waals surface area contributed by atoms with Crippen LogP contribution in [0, 0.1) is 17.8 Å². The lowest BCUT2D eigenvalue weighted by Gasteiger charge is -2.15. The van der Waals surface area contributed by atoms with Crippen LogP contribution < -0.4 is 10.6 Å². The summed E-state index contributed by atoms with van der Waals surface area (Å²) in [5, 5.41) is 14.4. The summed E-state index contributed by atoms with van der Waals surface area (Å²) < 4.78 is 0. The van der Waals surface area contributed by atoms with E-state index in [1.54, 1.807) is 0 Å². The number of aliphatic carboxylic acids is 1. The number of nitrogens with one attached hydrogen (secondary N) is 2. The van der Waals surface area contributed by atoms with Crippen molar-refractivity contribution in [1.82, 2.24) is 10.6 Å². The molecule has 0 aromatic rings. The number of rotatable bonds is 7. The van der Waals surface area contributed by atoms with Crippen LogP contribution >= 0.6 is 0 Å². The molecule has 0 radical (unpaired) electrons. The third kappa shape index (κ3) is 6.14. The molecule has 1 aliphatic carbocycles. The quantitative estimate of drug-likeness (QED) is 0.632. The summed E-state index contributed by atoms with van der Waals surface area (Å²) in [7, 11) is 0. The van der Waals surface area contributed by atoms with Gasteiger partial charge in [0.05, 0.1) is 5.92 Å². The van der Waals surface area contributed by atoms with Crippen LogP contribution in [0.3, 0.4) is 0 Å². The van der Waals surface area contributed by atoms with Gasteiger partial charge >= 0.3 is 12.0 Å². The Balaban J connectivity index is 2.19. The van der Waals surface area contributed by atoms with Gasteiger partial charge in [-0.3, -0.25) is 4.79 Å². The van der Waals surface area contributed by atoms with Crippen LogP contribution in [0.2, 0.25) is 0 Å². The third-order valence-corrected chi connectivity index (χ3v) is 2.86. The molecule has 1 aliphatic rings. The minimum absolute atomic E-state index is 0.198. The molecule has 0 aromatic carbocycles. The number of urea groups is 1. The van der Waals surface area contributed by atoms with Crippen LogP contribution in [-0.4, -0.2) is 30.2 Å². The van der Waals surface area contributed by atoms with E-state index in [0.717, 1.165) is 0 Å². The second kappa shape index (κ2) is 6.47. The fraction of sp³-hybridized carbons (Fsp3) is 0.833.